The summed E-state index contributed by atoms with van der Waals surface area (Å²) >= 11 is 0. The maximum Gasteiger partial charge on any atom is 0.303 e. The summed E-state index contributed by atoms with van der Waals surface area (Å²) in [5.41, 5.74) is 0.0297. The number of hydrogen-bond donors (Lipinski definition) is 3. The Kier molecular flexibility index (Phi) is 8.66. The second kappa shape index (κ2) is 9.38. The number of carboxylic acids is 1. The second-order valence-corrected chi connectivity index (χ2v) is 5.94. The van der Waals surface area contributed by atoms with Crippen LogP contribution in [0.1, 0.15) is 40.0 Å². The summed E-state index contributed by atoms with van der Waals surface area (Å²) in [5, 5.41) is 14.4. The predicted molar refractivity (Wildman–Crippen MR) is 79.1 cm³/mol. The van der Waals surface area contributed by atoms with Gasteiger partial charge in [-0.1, -0.05) is 26.7 Å². The van der Waals surface area contributed by atoms with Crippen molar-refractivity contribution in [2.45, 2.75) is 40.0 Å². The second-order valence-electron chi connectivity index (χ2n) is 5.94. The van der Waals surface area contributed by atoms with Crippen molar-refractivity contribution in [2.75, 3.05) is 19.6 Å². The van der Waals surface area contributed by atoms with Gasteiger partial charge in [-0.25, -0.2) is 0 Å². The van der Waals surface area contributed by atoms with Gasteiger partial charge in [-0.3, -0.25) is 14.9 Å². The molecule has 3 N–H and O–H groups in total. The van der Waals surface area contributed by atoms with E-state index in [-0.39, 0.29) is 30.2 Å². The van der Waals surface area contributed by atoms with Crippen LogP contribution in [0.3, 0.4) is 0 Å². The van der Waals surface area contributed by atoms with Crippen LogP contribution in [0.15, 0.2) is 0 Å². The number of aliphatic carboxylic acids is 1. The van der Waals surface area contributed by atoms with Crippen LogP contribution in [-0.4, -0.2) is 36.6 Å². The molecule has 0 aromatic heterocycles. The van der Waals surface area contributed by atoms with E-state index in [1.54, 1.807) is 0 Å². The molecule has 5 heteroatoms. The van der Waals surface area contributed by atoms with E-state index < -0.39 is 5.97 Å². The molecule has 0 aromatic rings. The average molecular weight is 282 g/mol. The Morgan fingerprint density at radius 2 is 1.95 bits per heavy atom. The van der Waals surface area contributed by atoms with Gasteiger partial charge in [-0.15, -0.1) is 6.42 Å². The molecule has 5 nitrogen and oxygen atoms in total. The van der Waals surface area contributed by atoms with E-state index in [9.17, 15) is 9.59 Å². The maximum atomic E-state index is 11.5. The molecule has 0 aliphatic heterocycles. The fourth-order valence-corrected chi connectivity index (χ4v) is 2.00. The molecule has 0 aliphatic rings. The zero-order chi connectivity index (χ0) is 15.6. The van der Waals surface area contributed by atoms with E-state index in [0.29, 0.717) is 19.5 Å². The first-order chi connectivity index (χ1) is 9.27. The molecule has 114 valence electrons. The van der Waals surface area contributed by atoms with Gasteiger partial charge in [0, 0.05) is 13.0 Å². The van der Waals surface area contributed by atoms with Crippen molar-refractivity contribution in [2.24, 2.45) is 11.3 Å². The van der Waals surface area contributed by atoms with E-state index >= 15 is 0 Å². The Balaban J connectivity index is 4.05. The average Bonchev–Trinajstić information content (AvgIpc) is 2.31. The van der Waals surface area contributed by atoms with Crippen LogP contribution in [0.4, 0.5) is 0 Å². The van der Waals surface area contributed by atoms with Crippen LogP contribution in [0.2, 0.25) is 0 Å². The minimum Gasteiger partial charge on any atom is -0.481 e. The molecular formula is C15H26N2O3. The highest BCUT2D eigenvalue weighted by atomic mass is 16.4. The normalized spacial score (nSPS) is 12.5. The molecule has 0 aliphatic carbocycles. The number of carbonyl (C=O) groups is 2. The van der Waals surface area contributed by atoms with Crippen molar-refractivity contribution < 1.29 is 14.7 Å². The molecule has 0 aromatic carbocycles. The summed E-state index contributed by atoms with van der Waals surface area (Å²) in [6.07, 6.45) is 6.64. The number of carboxylic acid groups (broad SMARTS) is 1. The zero-order valence-electron chi connectivity index (χ0n) is 12.7. The summed E-state index contributed by atoms with van der Waals surface area (Å²) in [6.45, 7) is 7.41. The molecule has 0 fully saturated rings. The van der Waals surface area contributed by atoms with Crippen molar-refractivity contribution in [3.63, 3.8) is 0 Å². The summed E-state index contributed by atoms with van der Waals surface area (Å²) in [4.78, 5) is 22.1. The number of carbonyl (C=O) groups excluding carboxylic acids is 1. The summed E-state index contributed by atoms with van der Waals surface area (Å²) in [7, 11) is 0. The summed E-state index contributed by atoms with van der Waals surface area (Å²) < 4.78 is 0. The maximum absolute atomic E-state index is 11.5. The van der Waals surface area contributed by atoms with Crippen LogP contribution in [0, 0.1) is 23.7 Å². The van der Waals surface area contributed by atoms with Crippen LogP contribution in [0.5, 0.6) is 0 Å². The highest BCUT2D eigenvalue weighted by Gasteiger charge is 2.24. The summed E-state index contributed by atoms with van der Waals surface area (Å²) in [5.74, 6) is 1.79. The highest BCUT2D eigenvalue weighted by Crippen LogP contribution is 2.32. The van der Waals surface area contributed by atoms with E-state index in [1.165, 1.54) is 0 Å². The van der Waals surface area contributed by atoms with Gasteiger partial charge in [0.15, 0.2) is 0 Å². The Morgan fingerprint density at radius 1 is 1.30 bits per heavy atom. The quantitative estimate of drug-likeness (QED) is 0.439. The fraction of sp³-hybridized carbons (Fsp3) is 0.733. The molecular weight excluding hydrogens is 256 g/mol. The first kappa shape index (κ1) is 18.5. The lowest BCUT2D eigenvalue weighted by Gasteiger charge is -2.30. The van der Waals surface area contributed by atoms with Gasteiger partial charge < -0.3 is 10.4 Å². The predicted octanol–water partition coefficient (Wildman–Crippen LogP) is 1.24. The molecule has 1 unspecified atom stereocenters. The molecule has 0 spiro atoms. The molecule has 0 heterocycles. The van der Waals surface area contributed by atoms with Crippen LogP contribution in [-0.2, 0) is 9.59 Å². The van der Waals surface area contributed by atoms with Crippen LogP contribution < -0.4 is 10.6 Å². The molecule has 0 saturated heterocycles. The Bertz CT molecular complexity index is 353. The minimum absolute atomic E-state index is 0.0297. The zero-order valence-corrected chi connectivity index (χ0v) is 12.7. The lowest BCUT2D eigenvalue weighted by molar-refractivity contribution is -0.137. The van der Waals surface area contributed by atoms with Crippen molar-refractivity contribution in [1.29, 1.82) is 0 Å². The van der Waals surface area contributed by atoms with Gasteiger partial charge in [0.2, 0.25) is 5.91 Å². The van der Waals surface area contributed by atoms with E-state index in [0.717, 1.165) is 6.42 Å². The lowest BCUT2D eigenvalue weighted by Crippen LogP contribution is -2.36. The van der Waals surface area contributed by atoms with E-state index in [1.807, 2.05) is 0 Å². The number of amides is 1. The molecule has 0 rings (SSSR count). The third-order valence-corrected chi connectivity index (χ3v) is 3.26. The third kappa shape index (κ3) is 9.40. The highest BCUT2D eigenvalue weighted by molar-refractivity contribution is 5.77. The van der Waals surface area contributed by atoms with Crippen LogP contribution >= 0.6 is 0 Å². The van der Waals surface area contributed by atoms with Crippen molar-refractivity contribution >= 4 is 11.9 Å². The first-order valence-corrected chi connectivity index (χ1v) is 6.90. The third-order valence-electron chi connectivity index (χ3n) is 3.26. The minimum atomic E-state index is -0.776. The van der Waals surface area contributed by atoms with Crippen molar-refractivity contribution in [1.82, 2.24) is 10.6 Å². The standard InChI is InChI=1S/C15H26N2O3/c1-5-9-16-11-13(18)17-10-8-12(15(2,3)4)6-7-14(19)20/h1,12,16H,6-11H2,2-4H3,(H,17,18)(H,19,20). The number of rotatable bonds is 9. The molecule has 20 heavy (non-hydrogen) atoms. The first-order valence-electron chi connectivity index (χ1n) is 6.90. The Hall–Kier alpha value is -1.54. The smallest absolute Gasteiger partial charge is 0.303 e. The molecule has 0 radical (unpaired) electrons. The number of terminal acetylenes is 1. The van der Waals surface area contributed by atoms with Crippen molar-refractivity contribution in [3.05, 3.63) is 0 Å². The van der Waals surface area contributed by atoms with Gasteiger partial charge in [0.05, 0.1) is 13.1 Å². The van der Waals surface area contributed by atoms with Gasteiger partial charge in [0.25, 0.3) is 0 Å². The van der Waals surface area contributed by atoms with Gasteiger partial charge >= 0.3 is 5.97 Å². The van der Waals surface area contributed by atoms with Gasteiger partial charge in [0.1, 0.15) is 0 Å². The number of hydrogen-bond acceptors (Lipinski definition) is 3. The SMILES string of the molecule is C#CCNCC(=O)NCCC(CCC(=O)O)C(C)(C)C. The Morgan fingerprint density at radius 3 is 2.45 bits per heavy atom. The van der Waals surface area contributed by atoms with E-state index in [4.69, 9.17) is 11.5 Å². The number of nitrogens with one attached hydrogen (secondary N) is 2. The van der Waals surface area contributed by atoms with Crippen molar-refractivity contribution in [3.8, 4) is 12.3 Å². The lowest BCUT2D eigenvalue weighted by atomic mass is 9.76. The molecule has 0 saturated carbocycles. The van der Waals surface area contributed by atoms with E-state index in [2.05, 4.69) is 37.3 Å². The Labute approximate surface area is 121 Å². The fourth-order valence-electron chi connectivity index (χ4n) is 2.00. The van der Waals surface area contributed by atoms with Crippen LogP contribution in [0.25, 0.3) is 0 Å². The summed E-state index contributed by atoms with van der Waals surface area (Å²) in [6, 6.07) is 0. The largest absolute Gasteiger partial charge is 0.481 e. The van der Waals surface area contributed by atoms with Gasteiger partial charge in [-0.05, 0) is 24.2 Å². The molecule has 1 atom stereocenters. The molecule has 0 bridgehead atoms. The molecule has 1 amide bonds. The topological polar surface area (TPSA) is 78.4 Å². The monoisotopic (exact) mass is 282 g/mol. The van der Waals surface area contributed by atoms with Gasteiger partial charge in [-0.2, -0.15) is 0 Å².